The number of aromatic nitrogens is 2. The fourth-order valence-electron chi connectivity index (χ4n) is 1.25. The van der Waals surface area contributed by atoms with Crippen LogP contribution >= 0.6 is 0 Å². The zero-order valence-corrected chi connectivity index (χ0v) is 7.36. The first-order chi connectivity index (χ1) is 6.85. The van der Waals surface area contributed by atoms with Crippen LogP contribution in [0.4, 0.5) is 0 Å². The van der Waals surface area contributed by atoms with Crippen molar-refractivity contribution in [3.05, 3.63) is 36.3 Å². The largest absolute Gasteiger partial charge is 0.403 e. The molecule has 0 saturated heterocycles. The zero-order valence-electron chi connectivity index (χ0n) is 7.36. The van der Waals surface area contributed by atoms with Crippen LogP contribution in [0.3, 0.4) is 0 Å². The number of nitrogens with one attached hydrogen (secondary N) is 1. The lowest BCUT2D eigenvalue weighted by atomic mass is 10.3. The molecule has 0 bridgehead atoms. The minimum atomic E-state index is 0.348. The van der Waals surface area contributed by atoms with Gasteiger partial charge in [0.15, 0.2) is 5.82 Å². The Morgan fingerprint density at radius 1 is 1.50 bits per heavy atom. The van der Waals surface area contributed by atoms with Gasteiger partial charge in [-0.1, -0.05) is 12.1 Å². The number of hydrogen-bond acceptors (Lipinski definition) is 3. The summed E-state index contributed by atoms with van der Waals surface area (Å²) in [5, 5.41) is 8.75. The number of hydrogen-bond donors (Lipinski definition) is 2. The van der Waals surface area contributed by atoms with Gasteiger partial charge >= 0.3 is 0 Å². The number of imidazole rings is 1. The maximum absolute atomic E-state index is 8.75. The Labute approximate surface area is 80.7 Å². The van der Waals surface area contributed by atoms with Crippen LogP contribution in [0.1, 0.15) is 5.82 Å². The topological polar surface area (TPSA) is 78.5 Å². The summed E-state index contributed by atoms with van der Waals surface area (Å²) in [6.45, 7) is 0. The van der Waals surface area contributed by atoms with Crippen molar-refractivity contribution in [3.63, 3.8) is 0 Å². The van der Waals surface area contributed by atoms with Crippen molar-refractivity contribution in [1.82, 2.24) is 9.97 Å². The van der Waals surface area contributed by atoms with Crippen LogP contribution in [0.15, 0.2) is 30.5 Å². The maximum atomic E-state index is 8.75. The predicted molar refractivity (Wildman–Crippen MR) is 53.9 cm³/mol. The molecule has 0 amide bonds. The number of nitrogens with two attached hydrogens (primary N) is 1. The van der Waals surface area contributed by atoms with Crippen LogP contribution in [0, 0.1) is 11.3 Å². The molecule has 0 radical (unpaired) electrons. The summed E-state index contributed by atoms with van der Waals surface area (Å²) in [7, 11) is 0. The number of para-hydroxylation sites is 2. The molecular weight excluding hydrogens is 176 g/mol. The Bertz CT molecular complexity index is 497. The van der Waals surface area contributed by atoms with Crippen LogP contribution < -0.4 is 5.73 Å². The number of nitriles is 1. The molecule has 3 N–H and O–H groups in total. The number of H-pyrrole nitrogens is 1. The molecule has 0 atom stereocenters. The van der Waals surface area contributed by atoms with Gasteiger partial charge in [0, 0.05) is 6.20 Å². The van der Waals surface area contributed by atoms with Crippen molar-refractivity contribution in [3.8, 4) is 6.07 Å². The first-order valence-corrected chi connectivity index (χ1v) is 4.12. The first-order valence-electron chi connectivity index (χ1n) is 4.12. The average Bonchev–Trinajstić information content (AvgIpc) is 2.63. The molecule has 0 saturated carbocycles. The highest BCUT2D eigenvalue weighted by atomic mass is 14.9. The number of aromatic amines is 1. The molecule has 0 spiro atoms. The highest BCUT2D eigenvalue weighted by Crippen LogP contribution is 2.15. The molecule has 1 aromatic carbocycles. The van der Waals surface area contributed by atoms with Gasteiger partial charge in [0.1, 0.15) is 11.6 Å². The first kappa shape index (κ1) is 8.32. The van der Waals surface area contributed by atoms with Gasteiger partial charge in [-0.3, -0.25) is 0 Å². The van der Waals surface area contributed by atoms with E-state index in [4.69, 9.17) is 11.0 Å². The third-order valence-corrected chi connectivity index (χ3v) is 1.93. The molecule has 2 rings (SSSR count). The smallest absolute Gasteiger partial charge is 0.150 e. The lowest BCUT2D eigenvalue weighted by Crippen LogP contribution is -1.88. The monoisotopic (exact) mass is 184 g/mol. The fraction of sp³-hybridized carbons (Fsp3) is 0. The second-order valence-electron chi connectivity index (χ2n) is 2.79. The molecule has 0 fully saturated rings. The van der Waals surface area contributed by atoms with E-state index < -0.39 is 0 Å². The molecule has 0 unspecified atom stereocenters. The number of fused-ring (bicyclic) bond motifs is 1. The summed E-state index contributed by atoms with van der Waals surface area (Å²) in [4.78, 5) is 7.24. The Balaban J connectivity index is 2.62. The summed E-state index contributed by atoms with van der Waals surface area (Å²) >= 11 is 0. The Morgan fingerprint density at radius 3 is 2.93 bits per heavy atom. The van der Waals surface area contributed by atoms with Crippen molar-refractivity contribution >= 4 is 16.6 Å². The van der Waals surface area contributed by atoms with Crippen molar-refractivity contribution in [1.29, 1.82) is 5.26 Å². The van der Waals surface area contributed by atoms with Gasteiger partial charge in [-0.25, -0.2) is 4.98 Å². The van der Waals surface area contributed by atoms with Crippen LogP contribution in [-0.2, 0) is 0 Å². The van der Waals surface area contributed by atoms with E-state index in [0.717, 1.165) is 11.0 Å². The quantitative estimate of drug-likeness (QED) is 0.657. The average molecular weight is 184 g/mol. The Morgan fingerprint density at radius 2 is 2.29 bits per heavy atom. The van der Waals surface area contributed by atoms with Crippen molar-refractivity contribution in [2.24, 2.45) is 5.73 Å². The molecule has 68 valence electrons. The molecule has 14 heavy (non-hydrogen) atoms. The van der Waals surface area contributed by atoms with E-state index in [1.54, 1.807) is 0 Å². The summed E-state index contributed by atoms with van der Waals surface area (Å²) in [5.41, 5.74) is 7.37. The van der Waals surface area contributed by atoms with Gasteiger partial charge in [0.2, 0.25) is 0 Å². The minimum absolute atomic E-state index is 0.348. The second kappa shape index (κ2) is 3.23. The summed E-state index contributed by atoms with van der Waals surface area (Å²) in [5.74, 6) is 0.510. The molecule has 0 aliphatic rings. The number of nitrogens with zero attached hydrogens (tertiary/aromatic N) is 2. The Hall–Kier alpha value is -2.28. The SMILES string of the molecule is N#C/C(=C\N)c1nc2ccccc2[nH]1. The lowest BCUT2D eigenvalue weighted by molar-refractivity contribution is 1.26. The van der Waals surface area contributed by atoms with Gasteiger partial charge in [0.05, 0.1) is 11.0 Å². The van der Waals surface area contributed by atoms with E-state index in [0.29, 0.717) is 11.4 Å². The molecule has 0 aliphatic heterocycles. The predicted octanol–water partition coefficient (Wildman–Crippen LogP) is 1.39. The number of benzene rings is 1. The molecule has 2 aromatic rings. The van der Waals surface area contributed by atoms with Crippen molar-refractivity contribution < 1.29 is 0 Å². The van der Waals surface area contributed by atoms with Crippen LogP contribution in [0.25, 0.3) is 16.6 Å². The van der Waals surface area contributed by atoms with Gasteiger partial charge < -0.3 is 10.7 Å². The fourth-order valence-corrected chi connectivity index (χ4v) is 1.25. The van der Waals surface area contributed by atoms with E-state index in [-0.39, 0.29) is 0 Å². The molecule has 4 nitrogen and oxygen atoms in total. The highest BCUT2D eigenvalue weighted by Gasteiger charge is 2.05. The van der Waals surface area contributed by atoms with Crippen LogP contribution in [0.2, 0.25) is 0 Å². The standard InChI is InChI=1S/C10H8N4/c11-5-7(6-12)10-13-8-3-1-2-4-9(8)14-10/h1-5H,11H2,(H,13,14)/b7-5+. The molecule has 4 heteroatoms. The summed E-state index contributed by atoms with van der Waals surface area (Å²) < 4.78 is 0. The van der Waals surface area contributed by atoms with Crippen LogP contribution in [-0.4, -0.2) is 9.97 Å². The van der Waals surface area contributed by atoms with E-state index in [1.807, 2.05) is 30.3 Å². The van der Waals surface area contributed by atoms with E-state index in [2.05, 4.69) is 9.97 Å². The normalized spacial score (nSPS) is 11.5. The third kappa shape index (κ3) is 1.21. The van der Waals surface area contributed by atoms with Gasteiger partial charge in [0.25, 0.3) is 0 Å². The molecule has 1 heterocycles. The molecular formula is C10H8N4. The minimum Gasteiger partial charge on any atom is -0.403 e. The van der Waals surface area contributed by atoms with Crippen LogP contribution in [0.5, 0.6) is 0 Å². The van der Waals surface area contributed by atoms with Gasteiger partial charge in [-0.15, -0.1) is 0 Å². The lowest BCUT2D eigenvalue weighted by Gasteiger charge is -1.87. The summed E-state index contributed by atoms with van der Waals surface area (Å²) in [6, 6.07) is 9.55. The number of rotatable bonds is 1. The van der Waals surface area contributed by atoms with E-state index in [9.17, 15) is 0 Å². The van der Waals surface area contributed by atoms with E-state index >= 15 is 0 Å². The number of allylic oxidation sites excluding steroid dienone is 1. The second-order valence-corrected chi connectivity index (χ2v) is 2.79. The third-order valence-electron chi connectivity index (χ3n) is 1.93. The van der Waals surface area contributed by atoms with Gasteiger partial charge in [-0.05, 0) is 12.1 Å². The molecule has 1 aromatic heterocycles. The molecule has 0 aliphatic carbocycles. The maximum Gasteiger partial charge on any atom is 0.150 e. The van der Waals surface area contributed by atoms with Crippen molar-refractivity contribution in [2.45, 2.75) is 0 Å². The summed E-state index contributed by atoms with van der Waals surface area (Å²) in [6.07, 6.45) is 1.25. The van der Waals surface area contributed by atoms with Crippen molar-refractivity contribution in [2.75, 3.05) is 0 Å². The highest BCUT2D eigenvalue weighted by molar-refractivity contribution is 5.81. The van der Waals surface area contributed by atoms with Gasteiger partial charge in [-0.2, -0.15) is 5.26 Å². The Kier molecular flexibility index (Phi) is 1.92. The van der Waals surface area contributed by atoms with E-state index in [1.165, 1.54) is 6.20 Å². The zero-order chi connectivity index (χ0) is 9.97.